The molecule has 0 radical (unpaired) electrons. The molecule has 1 atom stereocenters. The van der Waals surface area contributed by atoms with E-state index >= 15 is 0 Å². The Morgan fingerprint density at radius 1 is 0.903 bits per heavy atom. The van der Waals surface area contributed by atoms with Crippen LogP contribution in [-0.2, 0) is 17.8 Å². The first kappa shape index (κ1) is 22.1. The largest absolute Gasteiger partial charge is 0.488 e. The number of aryl methyl sites for hydroxylation is 1. The van der Waals surface area contributed by atoms with Crippen molar-refractivity contribution in [1.29, 1.82) is 0 Å². The van der Waals surface area contributed by atoms with Gasteiger partial charge in [-0.3, -0.25) is 9.59 Å². The molecule has 3 rings (SSSR count). The summed E-state index contributed by atoms with van der Waals surface area (Å²) < 4.78 is 5.95. The van der Waals surface area contributed by atoms with Crippen molar-refractivity contribution in [3.8, 4) is 5.75 Å². The molecule has 5 nitrogen and oxygen atoms in total. The van der Waals surface area contributed by atoms with Crippen LogP contribution in [0.25, 0.3) is 0 Å². The summed E-state index contributed by atoms with van der Waals surface area (Å²) in [6.45, 7) is 2.36. The summed E-state index contributed by atoms with van der Waals surface area (Å²) in [7, 11) is 0. The molecular formula is C26H27NO4. The Labute approximate surface area is 182 Å². The van der Waals surface area contributed by atoms with Crippen molar-refractivity contribution in [3.63, 3.8) is 0 Å². The second-order valence-corrected chi connectivity index (χ2v) is 7.34. The van der Waals surface area contributed by atoms with E-state index in [-0.39, 0.29) is 18.4 Å². The monoisotopic (exact) mass is 417 g/mol. The second-order valence-electron chi connectivity index (χ2n) is 7.34. The summed E-state index contributed by atoms with van der Waals surface area (Å²) in [4.78, 5) is 23.7. The first-order valence-corrected chi connectivity index (χ1v) is 10.4. The molecule has 31 heavy (non-hydrogen) atoms. The lowest BCUT2D eigenvalue weighted by Gasteiger charge is -2.19. The molecular weight excluding hydrogens is 390 g/mol. The lowest BCUT2D eigenvalue weighted by atomic mass is 10.0. The molecule has 0 aliphatic carbocycles. The molecule has 0 fully saturated rings. The molecule has 160 valence electrons. The first-order chi connectivity index (χ1) is 15.1. The molecule has 0 aliphatic rings. The smallest absolute Gasteiger partial charge is 0.303 e. The van der Waals surface area contributed by atoms with Gasteiger partial charge in [0.05, 0.1) is 11.6 Å². The number of rotatable bonds is 10. The number of hydrogen-bond donors (Lipinski definition) is 2. The van der Waals surface area contributed by atoms with Crippen molar-refractivity contribution in [3.05, 3.63) is 101 Å². The SMILES string of the molecule is CCC(NC(=O)c1ccccc1OCc1ccc(CCC(=O)O)cc1)c1ccccc1. The van der Waals surface area contributed by atoms with Gasteiger partial charge in [0.15, 0.2) is 0 Å². The van der Waals surface area contributed by atoms with E-state index < -0.39 is 5.97 Å². The third-order valence-electron chi connectivity index (χ3n) is 5.09. The number of carboxylic acid groups (broad SMARTS) is 1. The fourth-order valence-electron chi connectivity index (χ4n) is 3.34. The Hall–Kier alpha value is -3.60. The number of carbonyl (C=O) groups excluding carboxylic acids is 1. The van der Waals surface area contributed by atoms with E-state index in [1.54, 1.807) is 12.1 Å². The predicted molar refractivity (Wildman–Crippen MR) is 120 cm³/mol. The summed E-state index contributed by atoms with van der Waals surface area (Å²) in [5.41, 5.74) is 3.48. The number of ether oxygens (including phenoxy) is 1. The molecule has 5 heteroatoms. The van der Waals surface area contributed by atoms with Crippen LogP contribution in [0.5, 0.6) is 5.75 Å². The summed E-state index contributed by atoms with van der Waals surface area (Å²) in [6, 6.07) is 24.7. The highest BCUT2D eigenvalue weighted by molar-refractivity contribution is 5.97. The van der Waals surface area contributed by atoms with Crippen LogP contribution in [0.15, 0.2) is 78.9 Å². The molecule has 0 heterocycles. The third-order valence-corrected chi connectivity index (χ3v) is 5.09. The quantitative estimate of drug-likeness (QED) is 0.478. The number of nitrogens with one attached hydrogen (secondary N) is 1. The van der Waals surface area contributed by atoms with Crippen LogP contribution in [0.1, 0.15) is 52.9 Å². The van der Waals surface area contributed by atoms with Gasteiger partial charge in [-0.05, 0) is 41.7 Å². The van der Waals surface area contributed by atoms with Crippen LogP contribution in [0.2, 0.25) is 0 Å². The van der Waals surface area contributed by atoms with Crippen LogP contribution in [0, 0.1) is 0 Å². The van der Waals surface area contributed by atoms with Crippen LogP contribution < -0.4 is 10.1 Å². The van der Waals surface area contributed by atoms with Crippen molar-refractivity contribution in [2.45, 2.75) is 38.8 Å². The van der Waals surface area contributed by atoms with Gasteiger partial charge in [0, 0.05) is 6.42 Å². The van der Waals surface area contributed by atoms with E-state index in [0.29, 0.717) is 24.3 Å². The van der Waals surface area contributed by atoms with Gasteiger partial charge in [0.2, 0.25) is 0 Å². The molecule has 1 unspecified atom stereocenters. The van der Waals surface area contributed by atoms with Crippen LogP contribution in [0.4, 0.5) is 0 Å². The van der Waals surface area contributed by atoms with Crippen molar-refractivity contribution in [2.24, 2.45) is 0 Å². The predicted octanol–water partition coefficient (Wildman–Crippen LogP) is 5.16. The zero-order valence-corrected chi connectivity index (χ0v) is 17.6. The summed E-state index contributed by atoms with van der Waals surface area (Å²) in [6.07, 6.45) is 1.40. The molecule has 0 aliphatic heterocycles. The zero-order valence-electron chi connectivity index (χ0n) is 17.6. The van der Waals surface area contributed by atoms with Crippen molar-refractivity contribution < 1.29 is 19.4 Å². The molecule has 0 spiro atoms. The van der Waals surface area contributed by atoms with Crippen molar-refractivity contribution in [1.82, 2.24) is 5.32 Å². The number of hydrogen-bond acceptors (Lipinski definition) is 3. The highest BCUT2D eigenvalue weighted by Crippen LogP contribution is 2.22. The minimum Gasteiger partial charge on any atom is -0.488 e. The van der Waals surface area contributed by atoms with E-state index in [4.69, 9.17) is 9.84 Å². The highest BCUT2D eigenvalue weighted by Gasteiger charge is 2.17. The highest BCUT2D eigenvalue weighted by atomic mass is 16.5. The van der Waals surface area contributed by atoms with Gasteiger partial charge < -0.3 is 15.2 Å². The molecule has 0 saturated heterocycles. The standard InChI is InChI=1S/C26H27NO4/c1-2-23(21-8-4-3-5-9-21)27-26(30)22-10-6-7-11-24(22)31-18-20-14-12-19(13-15-20)16-17-25(28)29/h3-15,23H,2,16-18H2,1H3,(H,27,30)(H,28,29). The Morgan fingerprint density at radius 3 is 2.23 bits per heavy atom. The Kier molecular flexibility index (Phi) is 7.82. The minimum atomic E-state index is -0.806. The van der Waals surface area contributed by atoms with Gasteiger partial charge in [-0.25, -0.2) is 0 Å². The molecule has 2 N–H and O–H groups in total. The van der Waals surface area contributed by atoms with Crippen LogP contribution in [0.3, 0.4) is 0 Å². The topological polar surface area (TPSA) is 75.6 Å². The number of carboxylic acids is 1. The molecule has 0 aromatic heterocycles. The minimum absolute atomic E-state index is 0.0693. The van der Waals surface area contributed by atoms with E-state index in [1.165, 1.54) is 0 Å². The summed E-state index contributed by atoms with van der Waals surface area (Å²) in [5.74, 6) is -0.451. The normalized spacial score (nSPS) is 11.5. The van der Waals surface area contributed by atoms with Gasteiger partial charge in [0.25, 0.3) is 5.91 Å². The molecule has 3 aromatic rings. The van der Waals surface area contributed by atoms with E-state index in [1.807, 2.05) is 73.7 Å². The van der Waals surface area contributed by atoms with E-state index in [2.05, 4.69) is 5.32 Å². The van der Waals surface area contributed by atoms with E-state index in [0.717, 1.165) is 23.1 Å². The van der Waals surface area contributed by atoms with Gasteiger partial charge in [-0.2, -0.15) is 0 Å². The average molecular weight is 418 g/mol. The zero-order chi connectivity index (χ0) is 22.1. The number of amides is 1. The van der Waals surface area contributed by atoms with Crippen molar-refractivity contribution >= 4 is 11.9 Å². The third kappa shape index (κ3) is 6.44. The average Bonchev–Trinajstić information content (AvgIpc) is 2.81. The fraction of sp³-hybridized carbons (Fsp3) is 0.231. The van der Waals surface area contributed by atoms with Gasteiger partial charge in [0.1, 0.15) is 12.4 Å². The van der Waals surface area contributed by atoms with E-state index in [9.17, 15) is 9.59 Å². The fourth-order valence-corrected chi connectivity index (χ4v) is 3.34. The maximum Gasteiger partial charge on any atom is 0.303 e. The molecule has 0 saturated carbocycles. The van der Waals surface area contributed by atoms with Gasteiger partial charge >= 0.3 is 5.97 Å². The van der Waals surface area contributed by atoms with Crippen LogP contribution >= 0.6 is 0 Å². The van der Waals surface area contributed by atoms with Gasteiger partial charge in [-0.15, -0.1) is 0 Å². The molecule has 3 aromatic carbocycles. The lowest BCUT2D eigenvalue weighted by molar-refractivity contribution is -0.136. The summed E-state index contributed by atoms with van der Waals surface area (Å²) in [5, 5.41) is 11.9. The number of para-hydroxylation sites is 1. The maximum absolute atomic E-state index is 13.0. The molecule has 1 amide bonds. The Balaban J connectivity index is 1.64. The summed E-state index contributed by atoms with van der Waals surface area (Å²) >= 11 is 0. The first-order valence-electron chi connectivity index (χ1n) is 10.4. The number of aliphatic carboxylic acids is 1. The van der Waals surface area contributed by atoms with Crippen LogP contribution in [-0.4, -0.2) is 17.0 Å². The molecule has 0 bridgehead atoms. The Bertz CT molecular complexity index is 999. The Morgan fingerprint density at radius 2 is 1.55 bits per heavy atom. The number of carbonyl (C=O) groups is 2. The lowest BCUT2D eigenvalue weighted by Crippen LogP contribution is -2.28. The number of benzene rings is 3. The van der Waals surface area contributed by atoms with Gasteiger partial charge in [-0.1, -0.05) is 73.7 Å². The van der Waals surface area contributed by atoms with Crippen molar-refractivity contribution in [2.75, 3.05) is 0 Å². The maximum atomic E-state index is 13.0. The second kappa shape index (κ2) is 11.0.